The van der Waals surface area contributed by atoms with E-state index >= 15 is 0 Å². The Morgan fingerprint density at radius 1 is 0.950 bits per heavy atom. The average Bonchev–Trinajstić information content (AvgIpc) is 3.47. The highest BCUT2D eigenvalue weighted by Gasteiger charge is 2.34. The molecule has 2 amide bonds. The van der Waals surface area contributed by atoms with E-state index in [2.05, 4.69) is 5.32 Å². The number of benzene rings is 3. The van der Waals surface area contributed by atoms with Gasteiger partial charge in [-0.2, -0.15) is 0 Å². The molecule has 0 saturated heterocycles. The summed E-state index contributed by atoms with van der Waals surface area (Å²) in [6.45, 7) is 1.34. The summed E-state index contributed by atoms with van der Waals surface area (Å²) in [7, 11) is -4.21. The summed E-state index contributed by atoms with van der Waals surface area (Å²) in [5.41, 5.74) is 1.08. The van der Waals surface area contributed by atoms with Gasteiger partial charge < -0.3 is 10.2 Å². The van der Waals surface area contributed by atoms with Gasteiger partial charge in [-0.15, -0.1) is 0 Å². The Morgan fingerprint density at radius 2 is 1.57 bits per heavy atom. The summed E-state index contributed by atoms with van der Waals surface area (Å²) in [6.07, 6.45) is 4.43. The first kappa shape index (κ1) is 29.9. The average molecular weight is 603 g/mol. The number of nitrogens with zero attached hydrogens (tertiary/aromatic N) is 2. The second-order valence-electron chi connectivity index (χ2n) is 9.91. The van der Waals surface area contributed by atoms with E-state index in [4.69, 9.17) is 23.2 Å². The van der Waals surface area contributed by atoms with Gasteiger partial charge in [0.1, 0.15) is 12.6 Å². The van der Waals surface area contributed by atoms with E-state index in [0.29, 0.717) is 6.42 Å². The van der Waals surface area contributed by atoms with E-state index in [-0.39, 0.29) is 39.1 Å². The van der Waals surface area contributed by atoms with Crippen molar-refractivity contribution in [3.8, 4) is 0 Å². The van der Waals surface area contributed by atoms with Crippen molar-refractivity contribution in [3.63, 3.8) is 0 Å². The molecule has 212 valence electrons. The highest BCUT2D eigenvalue weighted by atomic mass is 35.5. The minimum atomic E-state index is -4.21. The van der Waals surface area contributed by atoms with Crippen LogP contribution in [-0.4, -0.2) is 50.3 Å². The first-order valence-corrected chi connectivity index (χ1v) is 15.5. The predicted octanol–water partition coefficient (Wildman–Crippen LogP) is 5.71. The molecule has 0 spiro atoms. The maximum Gasteiger partial charge on any atom is 0.264 e. The van der Waals surface area contributed by atoms with E-state index in [1.807, 2.05) is 30.3 Å². The second kappa shape index (κ2) is 13.5. The molecule has 0 bridgehead atoms. The fourth-order valence-corrected chi connectivity index (χ4v) is 6.75. The van der Waals surface area contributed by atoms with Crippen LogP contribution in [0.4, 0.5) is 5.69 Å². The summed E-state index contributed by atoms with van der Waals surface area (Å²) in [5.74, 6) is -0.785. The van der Waals surface area contributed by atoms with Gasteiger partial charge in [0.15, 0.2) is 0 Å². The van der Waals surface area contributed by atoms with Crippen molar-refractivity contribution < 1.29 is 18.0 Å². The summed E-state index contributed by atoms with van der Waals surface area (Å²) in [4.78, 5) is 28.7. The minimum absolute atomic E-state index is 0.00158. The van der Waals surface area contributed by atoms with Gasteiger partial charge in [-0.25, -0.2) is 8.42 Å². The first-order chi connectivity index (χ1) is 19.2. The zero-order chi connectivity index (χ0) is 28.7. The number of nitrogens with one attached hydrogen (secondary N) is 1. The van der Waals surface area contributed by atoms with E-state index < -0.39 is 28.5 Å². The van der Waals surface area contributed by atoms with Crippen molar-refractivity contribution in [3.05, 3.63) is 94.5 Å². The smallest absolute Gasteiger partial charge is 0.264 e. The lowest BCUT2D eigenvalue weighted by Gasteiger charge is -2.32. The number of hydrogen-bond acceptors (Lipinski definition) is 4. The van der Waals surface area contributed by atoms with Crippen molar-refractivity contribution in [2.45, 2.75) is 56.0 Å². The molecular weight excluding hydrogens is 569 g/mol. The molecule has 1 aliphatic rings. The molecule has 0 aromatic heterocycles. The Morgan fingerprint density at radius 3 is 2.23 bits per heavy atom. The maximum absolute atomic E-state index is 14.0. The van der Waals surface area contributed by atoms with Crippen molar-refractivity contribution >= 4 is 50.7 Å². The maximum atomic E-state index is 14.0. The van der Waals surface area contributed by atoms with Crippen LogP contribution in [0.3, 0.4) is 0 Å². The Hall–Kier alpha value is -3.07. The third-order valence-corrected chi connectivity index (χ3v) is 9.47. The number of halogens is 2. The standard InChI is InChI=1S/C30H33Cl2N3O4S/c1-22(30(37)33-25-12-8-9-13-25)34(19-18-23-10-4-2-5-11-23)29(36)21-35(28-20-24(31)16-17-27(28)32)40(38,39)26-14-6-3-7-15-26/h2-7,10-11,14-17,20,22,25H,8-9,12-13,18-19,21H2,1H3,(H,33,37)/t22-/m1/s1. The summed E-state index contributed by atoms with van der Waals surface area (Å²) in [6, 6.07) is 21.2. The lowest BCUT2D eigenvalue weighted by Crippen LogP contribution is -2.53. The molecule has 1 atom stereocenters. The van der Waals surface area contributed by atoms with Crippen LogP contribution in [0.2, 0.25) is 10.0 Å². The molecule has 4 rings (SSSR count). The molecule has 40 heavy (non-hydrogen) atoms. The van der Waals surface area contributed by atoms with Gasteiger partial charge in [0.2, 0.25) is 11.8 Å². The fourth-order valence-electron chi connectivity index (χ4n) is 4.87. The lowest BCUT2D eigenvalue weighted by molar-refractivity contribution is -0.139. The molecule has 0 heterocycles. The second-order valence-corrected chi connectivity index (χ2v) is 12.6. The van der Waals surface area contributed by atoms with Crippen LogP contribution >= 0.6 is 23.2 Å². The van der Waals surface area contributed by atoms with Gasteiger partial charge in [-0.05, 0) is 62.1 Å². The third-order valence-electron chi connectivity index (χ3n) is 7.14. The van der Waals surface area contributed by atoms with E-state index in [1.54, 1.807) is 31.2 Å². The molecule has 0 aliphatic heterocycles. The van der Waals surface area contributed by atoms with Gasteiger partial charge in [0, 0.05) is 17.6 Å². The molecule has 1 saturated carbocycles. The topological polar surface area (TPSA) is 86.8 Å². The third kappa shape index (κ3) is 7.36. The van der Waals surface area contributed by atoms with Crippen LogP contribution < -0.4 is 9.62 Å². The van der Waals surface area contributed by atoms with Gasteiger partial charge in [-0.1, -0.05) is 84.6 Å². The van der Waals surface area contributed by atoms with Gasteiger partial charge >= 0.3 is 0 Å². The molecule has 0 unspecified atom stereocenters. The number of rotatable bonds is 11. The van der Waals surface area contributed by atoms with Gasteiger partial charge in [0.25, 0.3) is 10.0 Å². The Kier molecular flexibility index (Phi) is 10.1. The quantitative estimate of drug-likeness (QED) is 0.305. The molecule has 1 fully saturated rings. The fraction of sp³-hybridized carbons (Fsp3) is 0.333. The normalized spacial score (nSPS) is 14.5. The molecule has 1 N–H and O–H groups in total. The van der Waals surface area contributed by atoms with Gasteiger partial charge in [-0.3, -0.25) is 13.9 Å². The molecule has 7 nitrogen and oxygen atoms in total. The van der Waals surface area contributed by atoms with Crippen LogP contribution in [0.25, 0.3) is 0 Å². The number of amides is 2. The summed E-state index contributed by atoms with van der Waals surface area (Å²) >= 11 is 12.7. The van der Waals surface area contributed by atoms with Crippen LogP contribution in [0.15, 0.2) is 83.8 Å². The lowest BCUT2D eigenvalue weighted by atomic mass is 10.1. The van der Waals surface area contributed by atoms with E-state index in [1.165, 1.54) is 29.2 Å². The van der Waals surface area contributed by atoms with Gasteiger partial charge in [0.05, 0.1) is 15.6 Å². The van der Waals surface area contributed by atoms with E-state index in [9.17, 15) is 18.0 Å². The monoisotopic (exact) mass is 601 g/mol. The molecular formula is C30H33Cl2N3O4S. The predicted molar refractivity (Wildman–Crippen MR) is 159 cm³/mol. The molecule has 10 heteroatoms. The number of carbonyl (C=O) groups is 2. The highest BCUT2D eigenvalue weighted by Crippen LogP contribution is 2.33. The van der Waals surface area contributed by atoms with Crippen LogP contribution in [-0.2, 0) is 26.0 Å². The largest absolute Gasteiger partial charge is 0.352 e. The van der Waals surface area contributed by atoms with Crippen LogP contribution in [0.1, 0.15) is 38.2 Å². The van der Waals surface area contributed by atoms with Crippen LogP contribution in [0, 0.1) is 0 Å². The molecule has 3 aromatic rings. The number of carbonyl (C=O) groups excluding carboxylic acids is 2. The number of anilines is 1. The Labute approximate surface area is 246 Å². The Balaban J connectivity index is 1.66. The summed E-state index contributed by atoms with van der Waals surface area (Å²) < 4.78 is 28.7. The van der Waals surface area contributed by atoms with Crippen LogP contribution in [0.5, 0.6) is 0 Å². The summed E-state index contributed by atoms with van der Waals surface area (Å²) in [5, 5.41) is 3.46. The molecule has 1 aliphatic carbocycles. The van der Waals surface area contributed by atoms with Crippen molar-refractivity contribution in [2.75, 3.05) is 17.4 Å². The number of sulfonamides is 1. The van der Waals surface area contributed by atoms with Crippen molar-refractivity contribution in [1.29, 1.82) is 0 Å². The van der Waals surface area contributed by atoms with Crippen molar-refractivity contribution in [2.24, 2.45) is 0 Å². The zero-order valence-electron chi connectivity index (χ0n) is 22.3. The highest BCUT2D eigenvalue weighted by molar-refractivity contribution is 7.92. The van der Waals surface area contributed by atoms with E-state index in [0.717, 1.165) is 35.6 Å². The number of hydrogen-bond donors (Lipinski definition) is 1. The Bertz CT molecular complexity index is 1420. The minimum Gasteiger partial charge on any atom is -0.352 e. The SMILES string of the molecule is C[C@H](C(=O)NC1CCCC1)N(CCc1ccccc1)C(=O)CN(c1cc(Cl)ccc1Cl)S(=O)(=O)c1ccccc1. The first-order valence-electron chi connectivity index (χ1n) is 13.3. The molecule has 0 radical (unpaired) electrons. The zero-order valence-corrected chi connectivity index (χ0v) is 24.6. The molecule has 3 aromatic carbocycles. The van der Waals surface area contributed by atoms with Crippen molar-refractivity contribution in [1.82, 2.24) is 10.2 Å².